The topological polar surface area (TPSA) is 26.3 Å². The van der Waals surface area contributed by atoms with Crippen LogP contribution in [0.4, 0.5) is 0 Å². The summed E-state index contributed by atoms with van der Waals surface area (Å²) in [7, 11) is 0. The van der Waals surface area contributed by atoms with Gasteiger partial charge in [0.1, 0.15) is 0 Å². The molecule has 0 aromatic rings. The summed E-state index contributed by atoms with van der Waals surface area (Å²) in [6.07, 6.45) is 10.0. The van der Waals surface area contributed by atoms with Crippen molar-refractivity contribution in [3.8, 4) is 0 Å². The molecule has 2 heteroatoms. The Balaban J connectivity index is 1.76. The number of hydrogen-bond acceptors (Lipinski definition) is 2. The van der Waals surface area contributed by atoms with Crippen molar-refractivity contribution in [1.82, 2.24) is 0 Å². The van der Waals surface area contributed by atoms with Crippen LogP contribution in [0.1, 0.15) is 66.2 Å². The van der Waals surface area contributed by atoms with Gasteiger partial charge in [0, 0.05) is 11.5 Å². The highest BCUT2D eigenvalue weighted by molar-refractivity contribution is 5.91. The minimum atomic E-state index is -0.0408. The van der Waals surface area contributed by atoms with Crippen LogP contribution in [-0.2, 0) is 9.53 Å². The van der Waals surface area contributed by atoms with Crippen molar-refractivity contribution < 1.29 is 9.53 Å². The van der Waals surface area contributed by atoms with Crippen LogP contribution in [0.15, 0.2) is 11.6 Å². The maximum absolute atomic E-state index is 12.0. The van der Waals surface area contributed by atoms with Crippen molar-refractivity contribution >= 4 is 5.97 Å². The van der Waals surface area contributed by atoms with Gasteiger partial charge in [-0.05, 0) is 60.2 Å². The van der Waals surface area contributed by atoms with Gasteiger partial charge in [-0.2, -0.15) is 0 Å². The summed E-state index contributed by atoms with van der Waals surface area (Å²) in [5, 5.41) is 0. The predicted octanol–water partition coefficient (Wildman–Crippen LogP) is 4.74. The number of allylic oxidation sites excluding steroid dienone is 1. The van der Waals surface area contributed by atoms with Gasteiger partial charge < -0.3 is 4.74 Å². The van der Waals surface area contributed by atoms with E-state index in [0.717, 1.165) is 17.9 Å². The largest absolute Gasteiger partial charge is 0.462 e. The van der Waals surface area contributed by atoms with Crippen molar-refractivity contribution in [2.24, 2.45) is 34.0 Å². The van der Waals surface area contributed by atoms with Crippen LogP contribution >= 0.6 is 0 Å². The standard InChI is InChI=1S/C20H30O2/c1-18(2)9-5-10-20(4)15(18)8-11-19(3)14-12-22-17(21)13(14)6-7-16(19)20/h6,14-16H,5,7-12H2,1-4H3/t14-,15?,16?,19+,20+/m1/s1. The van der Waals surface area contributed by atoms with E-state index >= 15 is 0 Å². The molecular weight excluding hydrogens is 272 g/mol. The van der Waals surface area contributed by atoms with Crippen molar-refractivity contribution in [1.29, 1.82) is 0 Å². The highest BCUT2D eigenvalue weighted by Crippen LogP contribution is 2.68. The molecule has 1 heterocycles. The Morgan fingerprint density at radius 3 is 2.59 bits per heavy atom. The van der Waals surface area contributed by atoms with E-state index < -0.39 is 0 Å². The van der Waals surface area contributed by atoms with E-state index in [-0.39, 0.29) is 11.4 Å². The van der Waals surface area contributed by atoms with E-state index in [2.05, 4.69) is 33.8 Å². The predicted molar refractivity (Wildman–Crippen MR) is 87.2 cm³/mol. The molecule has 2 unspecified atom stereocenters. The zero-order valence-corrected chi connectivity index (χ0v) is 14.6. The second-order valence-corrected chi connectivity index (χ2v) is 9.54. The highest BCUT2D eigenvalue weighted by atomic mass is 16.5. The highest BCUT2D eigenvalue weighted by Gasteiger charge is 2.62. The summed E-state index contributed by atoms with van der Waals surface area (Å²) in [5.41, 5.74) is 2.16. The molecule has 0 spiro atoms. The van der Waals surface area contributed by atoms with E-state index in [9.17, 15) is 4.79 Å². The zero-order valence-electron chi connectivity index (χ0n) is 14.6. The molecule has 1 aliphatic heterocycles. The maximum atomic E-state index is 12.0. The number of cyclic esters (lactones) is 1. The van der Waals surface area contributed by atoms with Crippen LogP contribution in [0.3, 0.4) is 0 Å². The lowest BCUT2D eigenvalue weighted by molar-refractivity contribution is -0.145. The minimum Gasteiger partial charge on any atom is -0.462 e. The van der Waals surface area contributed by atoms with Crippen molar-refractivity contribution in [3.63, 3.8) is 0 Å². The smallest absolute Gasteiger partial charge is 0.334 e. The summed E-state index contributed by atoms with van der Waals surface area (Å²) in [5.74, 6) is 1.85. The lowest BCUT2D eigenvalue weighted by Gasteiger charge is -2.64. The molecule has 0 aromatic carbocycles. The summed E-state index contributed by atoms with van der Waals surface area (Å²) in [6, 6.07) is 0. The molecule has 122 valence electrons. The quantitative estimate of drug-likeness (QED) is 0.604. The van der Waals surface area contributed by atoms with Gasteiger partial charge >= 0.3 is 5.97 Å². The van der Waals surface area contributed by atoms with Crippen LogP contribution in [0.2, 0.25) is 0 Å². The molecule has 1 saturated heterocycles. The summed E-state index contributed by atoms with van der Waals surface area (Å²) in [4.78, 5) is 12.0. The molecule has 0 amide bonds. The number of carbonyl (C=O) groups excluding carboxylic acids is 1. The van der Waals surface area contributed by atoms with Gasteiger partial charge in [0.05, 0.1) is 6.61 Å². The fourth-order valence-corrected chi connectivity index (χ4v) is 7.13. The van der Waals surface area contributed by atoms with Crippen LogP contribution in [0.5, 0.6) is 0 Å². The zero-order chi connectivity index (χ0) is 15.8. The Labute approximate surface area is 134 Å². The Morgan fingerprint density at radius 2 is 1.82 bits per heavy atom. The minimum absolute atomic E-state index is 0.0408. The molecular formula is C20H30O2. The number of ether oxygens (including phenoxy) is 1. The lowest BCUT2D eigenvalue weighted by Crippen LogP contribution is -2.57. The van der Waals surface area contributed by atoms with E-state index in [1.807, 2.05) is 0 Å². The lowest BCUT2D eigenvalue weighted by atomic mass is 9.40. The Hall–Kier alpha value is -0.790. The number of hydrogen-bond donors (Lipinski definition) is 0. The van der Waals surface area contributed by atoms with E-state index in [0.29, 0.717) is 29.3 Å². The number of carbonyl (C=O) groups is 1. The van der Waals surface area contributed by atoms with Crippen molar-refractivity contribution in [2.75, 3.05) is 6.61 Å². The first kappa shape index (κ1) is 14.8. The average molecular weight is 302 g/mol. The maximum Gasteiger partial charge on any atom is 0.334 e. The number of fused-ring (bicyclic) bond motifs is 5. The third kappa shape index (κ3) is 1.70. The molecule has 3 fully saturated rings. The van der Waals surface area contributed by atoms with Crippen LogP contribution in [-0.4, -0.2) is 12.6 Å². The second-order valence-electron chi connectivity index (χ2n) is 9.54. The number of esters is 1. The van der Waals surface area contributed by atoms with Gasteiger partial charge in [0.2, 0.25) is 0 Å². The van der Waals surface area contributed by atoms with E-state index in [1.54, 1.807) is 0 Å². The van der Waals surface area contributed by atoms with Crippen LogP contribution < -0.4 is 0 Å². The fraction of sp³-hybridized carbons (Fsp3) is 0.850. The molecule has 4 rings (SSSR count). The third-order valence-corrected chi connectivity index (χ3v) is 8.20. The Kier molecular flexibility index (Phi) is 2.95. The first-order valence-electron chi connectivity index (χ1n) is 9.16. The van der Waals surface area contributed by atoms with Gasteiger partial charge in [0.25, 0.3) is 0 Å². The Bertz CT molecular complexity index is 546. The average Bonchev–Trinajstić information content (AvgIpc) is 2.80. The number of rotatable bonds is 0. The van der Waals surface area contributed by atoms with Crippen LogP contribution in [0.25, 0.3) is 0 Å². The van der Waals surface area contributed by atoms with E-state index in [1.165, 1.54) is 32.1 Å². The van der Waals surface area contributed by atoms with Crippen molar-refractivity contribution in [3.05, 3.63) is 11.6 Å². The summed E-state index contributed by atoms with van der Waals surface area (Å²) >= 11 is 0. The monoisotopic (exact) mass is 302 g/mol. The van der Waals surface area contributed by atoms with Gasteiger partial charge in [0.15, 0.2) is 0 Å². The molecule has 0 aromatic heterocycles. The first-order chi connectivity index (χ1) is 10.3. The third-order valence-electron chi connectivity index (χ3n) is 8.20. The van der Waals surface area contributed by atoms with Gasteiger partial charge in [-0.1, -0.05) is 40.2 Å². The molecule has 0 radical (unpaired) electrons. The van der Waals surface area contributed by atoms with Gasteiger partial charge in [-0.3, -0.25) is 0 Å². The normalized spacial score (nSPS) is 49.5. The Morgan fingerprint density at radius 1 is 1.05 bits per heavy atom. The SMILES string of the molecule is CC1(C)CCC[C@@]2(C)C1CC[C@]1(C)C2CC=C2C(=O)OC[C@H]21. The van der Waals surface area contributed by atoms with Crippen LogP contribution in [0, 0.1) is 34.0 Å². The molecule has 2 saturated carbocycles. The molecule has 22 heavy (non-hydrogen) atoms. The summed E-state index contributed by atoms with van der Waals surface area (Å²) in [6.45, 7) is 10.6. The molecule has 4 aliphatic rings. The molecule has 0 N–H and O–H groups in total. The second kappa shape index (κ2) is 4.39. The molecule has 2 nitrogen and oxygen atoms in total. The first-order valence-corrected chi connectivity index (χ1v) is 9.16. The van der Waals surface area contributed by atoms with Gasteiger partial charge in [-0.15, -0.1) is 0 Å². The van der Waals surface area contributed by atoms with Crippen molar-refractivity contribution in [2.45, 2.75) is 66.2 Å². The molecule has 3 aliphatic carbocycles. The molecule has 0 bridgehead atoms. The van der Waals surface area contributed by atoms with Gasteiger partial charge in [-0.25, -0.2) is 4.79 Å². The van der Waals surface area contributed by atoms with E-state index in [4.69, 9.17) is 4.74 Å². The fourth-order valence-electron chi connectivity index (χ4n) is 7.13. The molecule has 5 atom stereocenters. The summed E-state index contributed by atoms with van der Waals surface area (Å²) < 4.78 is 5.42.